The van der Waals surface area contributed by atoms with Crippen molar-refractivity contribution in [1.29, 1.82) is 0 Å². The van der Waals surface area contributed by atoms with Crippen LogP contribution in [0.15, 0.2) is 33.2 Å². The van der Waals surface area contributed by atoms with Gasteiger partial charge in [-0.25, -0.2) is 4.98 Å². The average molecular weight is 355 g/mol. The maximum Gasteiger partial charge on any atom is 0.205 e. The molecule has 0 aliphatic rings. The highest BCUT2D eigenvalue weighted by molar-refractivity contribution is 9.10. The van der Waals surface area contributed by atoms with E-state index < -0.39 is 0 Å². The van der Waals surface area contributed by atoms with Crippen molar-refractivity contribution in [2.45, 2.75) is 20.0 Å². The highest BCUT2D eigenvalue weighted by Gasteiger charge is 2.03. The van der Waals surface area contributed by atoms with E-state index in [9.17, 15) is 0 Å². The molecule has 106 valence electrons. The smallest absolute Gasteiger partial charge is 0.205 e. The molecular formula is C13H15BrN4OS. The summed E-state index contributed by atoms with van der Waals surface area (Å²) in [4.78, 5) is 4.05. The largest absolute Gasteiger partial charge is 0.490 e. The fraction of sp³-hybridized carbons (Fsp3) is 0.231. The second kappa shape index (κ2) is 6.71. The molecule has 5 nitrogen and oxygen atoms in total. The maximum absolute atomic E-state index is 5.65. The Labute approximate surface area is 130 Å². The first kappa shape index (κ1) is 14.8. The summed E-state index contributed by atoms with van der Waals surface area (Å²) in [6.45, 7) is 3.98. The predicted octanol–water partition coefficient (Wildman–Crippen LogP) is 3.72. The number of benzene rings is 1. The van der Waals surface area contributed by atoms with Gasteiger partial charge in [0.2, 0.25) is 5.13 Å². The van der Waals surface area contributed by atoms with E-state index in [4.69, 9.17) is 10.5 Å². The van der Waals surface area contributed by atoms with Gasteiger partial charge in [-0.2, -0.15) is 5.10 Å². The van der Waals surface area contributed by atoms with E-state index in [0.29, 0.717) is 10.9 Å². The minimum atomic E-state index is 0.142. The Balaban J connectivity index is 2.01. The number of hydrogen-bond acceptors (Lipinski definition) is 6. The molecule has 0 aliphatic carbocycles. The number of hydrogen-bond donors (Lipinski definition) is 2. The first-order valence-electron chi connectivity index (χ1n) is 6.01. The van der Waals surface area contributed by atoms with Gasteiger partial charge < -0.3 is 10.5 Å². The molecule has 0 fully saturated rings. The van der Waals surface area contributed by atoms with E-state index in [1.54, 1.807) is 11.6 Å². The van der Waals surface area contributed by atoms with Gasteiger partial charge in [-0.1, -0.05) is 0 Å². The van der Waals surface area contributed by atoms with E-state index in [1.807, 2.05) is 32.0 Å². The van der Waals surface area contributed by atoms with Gasteiger partial charge in [0.1, 0.15) is 11.6 Å². The van der Waals surface area contributed by atoms with Crippen molar-refractivity contribution in [2.75, 3.05) is 11.2 Å². The van der Waals surface area contributed by atoms with Crippen LogP contribution in [0.2, 0.25) is 0 Å². The lowest BCUT2D eigenvalue weighted by atomic mass is 10.2. The van der Waals surface area contributed by atoms with Crippen molar-refractivity contribution in [3.8, 4) is 5.75 Å². The number of aromatic nitrogens is 1. The number of nitrogen functional groups attached to an aromatic ring is 1. The second-order valence-corrected chi connectivity index (χ2v) is 6.02. The first-order chi connectivity index (χ1) is 9.54. The number of halogens is 1. The van der Waals surface area contributed by atoms with Crippen molar-refractivity contribution >= 4 is 44.4 Å². The van der Waals surface area contributed by atoms with Crippen LogP contribution in [0.4, 0.5) is 10.9 Å². The van der Waals surface area contributed by atoms with E-state index in [0.717, 1.165) is 15.8 Å². The Hall–Kier alpha value is -1.60. The summed E-state index contributed by atoms with van der Waals surface area (Å²) < 4.78 is 6.54. The Bertz CT molecular complexity index is 612. The molecule has 0 spiro atoms. The van der Waals surface area contributed by atoms with Crippen LogP contribution in [-0.4, -0.2) is 17.3 Å². The molecule has 3 N–H and O–H groups in total. The highest BCUT2D eigenvalue weighted by Crippen LogP contribution is 2.26. The number of nitrogens with two attached hydrogens (primary N) is 1. The monoisotopic (exact) mass is 354 g/mol. The molecule has 1 aromatic carbocycles. The minimum Gasteiger partial charge on any atom is -0.490 e. The van der Waals surface area contributed by atoms with Crippen LogP contribution >= 0.6 is 27.3 Å². The fourth-order valence-electron chi connectivity index (χ4n) is 1.45. The van der Waals surface area contributed by atoms with Crippen LogP contribution in [0.5, 0.6) is 5.75 Å². The summed E-state index contributed by atoms with van der Waals surface area (Å²) in [5.41, 5.74) is 9.30. The number of anilines is 2. The molecular weight excluding hydrogens is 340 g/mol. The lowest BCUT2D eigenvalue weighted by Gasteiger charge is -2.11. The molecule has 0 saturated carbocycles. The van der Waals surface area contributed by atoms with Crippen LogP contribution in [0, 0.1) is 0 Å². The Morgan fingerprint density at radius 3 is 2.90 bits per heavy atom. The molecule has 0 atom stereocenters. The third kappa shape index (κ3) is 4.21. The molecule has 20 heavy (non-hydrogen) atoms. The Morgan fingerprint density at radius 1 is 1.50 bits per heavy atom. The third-order valence-corrected chi connectivity index (χ3v) is 3.60. The van der Waals surface area contributed by atoms with Gasteiger partial charge in [-0.3, -0.25) is 5.43 Å². The Kier molecular flexibility index (Phi) is 4.97. The van der Waals surface area contributed by atoms with E-state index >= 15 is 0 Å². The minimum absolute atomic E-state index is 0.142. The molecule has 2 rings (SSSR count). The first-order valence-corrected chi connectivity index (χ1v) is 7.68. The molecule has 7 heteroatoms. The molecule has 0 bridgehead atoms. The van der Waals surface area contributed by atoms with Crippen molar-refractivity contribution in [1.82, 2.24) is 4.98 Å². The van der Waals surface area contributed by atoms with Gasteiger partial charge in [0.15, 0.2) is 0 Å². The Morgan fingerprint density at radius 2 is 2.30 bits per heavy atom. The van der Waals surface area contributed by atoms with Crippen molar-refractivity contribution in [3.63, 3.8) is 0 Å². The maximum atomic E-state index is 5.65. The van der Waals surface area contributed by atoms with Crippen LogP contribution in [-0.2, 0) is 0 Å². The molecule has 0 saturated heterocycles. The number of thiazole rings is 1. The van der Waals surface area contributed by atoms with Crippen molar-refractivity contribution in [3.05, 3.63) is 33.6 Å². The quantitative estimate of drug-likeness (QED) is 0.633. The summed E-state index contributed by atoms with van der Waals surface area (Å²) in [5.74, 6) is 1.31. The van der Waals surface area contributed by atoms with Crippen molar-refractivity contribution < 1.29 is 4.74 Å². The average Bonchev–Trinajstić information content (AvgIpc) is 2.78. The molecule has 2 aromatic rings. The normalized spacial score (nSPS) is 11.2. The molecule has 0 unspecified atom stereocenters. The number of rotatable bonds is 5. The van der Waals surface area contributed by atoms with Crippen LogP contribution in [0.25, 0.3) is 0 Å². The third-order valence-electron chi connectivity index (χ3n) is 2.21. The molecule has 1 aromatic heterocycles. The van der Waals surface area contributed by atoms with Gasteiger partial charge in [0.25, 0.3) is 0 Å². The van der Waals surface area contributed by atoms with Crippen molar-refractivity contribution in [2.24, 2.45) is 5.10 Å². The second-order valence-electron chi connectivity index (χ2n) is 4.30. The van der Waals surface area contributed by atoms with E-state index in [2.05, 4.69) is 31.4 Å². The zero-order valence-corrected chi connectivity index (χ0v) is 13.5. The van der Waals surface area contributed by atoms with E-state index in [1.165, 1.54) is 11.3 Å². The van der Waals surface area contributed by atoms with Gasteiger partial charge in [0, 0.05) is 5.38 Å². The van der Waals surface area contributed by atoms with Gasteiger partial charge in [0.05, 0.1) is 16.8 Å². The highest BCUT2D eigenvalue weighted by atomic mass is 79.9. The fourth-order valence-corrected chi connectivity index (χ4v) is 2.48. The molecule has 0 radical (unpaired) electrons. The van der Waals surface area contributed by atoms with Crippen LogP contribution in [0.3, 0.4) is 0 Å². The van der Waals surface area contributed by atoms with Gasteiger partial charge >= 0.3 is 0 Å². The standard InChI is InChI=1S/C13H15BrN4OS/c1-8(2)19-11-4-3-9(5-10(11)14)6-16-18-13-17-12(15)7-20-13/h3-8H,15H2,1-2H3,(H,17,18). The zero-order valence-electron chi connectivity index (χ0n) is 11.1. The van der Waals surface area contributed by atoms with Crippen LogP contribution < -0.4 is 15.9 Å². The predicted molar refractivity (Wildman–Crippen MR) is 87.6 cm³/mol. The van der Waals surface area contributed by atoms with E-state index in [-0.39, 0.29) is 6.10 Å². The number of ether oxygens (including phenoxy) is 1. The number of nitrogens with one attached hydrogen (secondary N) is 1. The number of hydrazone groups is 1. The molecule has 1 heterocycles. The SMILES string of the molecule is CC(C)Oc1ccc(C=NNc2nc(N)cs2)cc1Br. The molecule has 0 aliphatic heterocycles. The summed E-state index contributed by atoms with van der Waals surface area (Å²) in [7, 11) is 0. The molecule has 0 amide bonds. The van der Waals surface area contributed by atoms with Crippen LogP contribution in [0.1, 0.15) is 19.4 Å². The van der Waals surface area contributed by atoms with Gasteiger partial charge in [-0.05, 0) is 53.5 Å². The lowest BCUT2D eigenvalue weighted by molar-refractivity contribution is 0.241. The summed E-state index contributed by atoms with van der Waals surface area (Å²) >= 11 is 4.89. The summed E-state index contributed by atoms with van der Waals surface area (Å²) in [5, 5.41) is 6.53. The summed E-state index contributed by atoms with van der Waals surface area (Å²) in [6, 6.07) is 5.79. The number of nitrogens with zero attached hydrogens (tertiary/aromatic N) is 2. The lowest BCUT2D eigenvalue weighted by Crippen LogP contribution is -2.06. The summed E-state index contributed by atoms with van der Waals surface area (Å²) in [6.07, 6.45) is 1.85. The zero-order chi connectivity index (χ0) is 14.5. The van der Waals surface area contributed by atoms with Gasteiger partial charge in [-0.15, -0.1) is 11.3 Å². The topological polar surface area (TPSA) is 72.5 Å².